The van der Waals surface area contributed by atoms with E-state index in [1.165, 1.54) is 4.90 Å². The minimum Gasteiger partial charge on any atom is -0.444 e. The fourth-order valence-corrected chi connectivity index (χ4v) is 5.07. The van der Waals surface area contributed by atoms with Crippen LogP contribution in [0.3, 0.4) is 0 Å². The number of hydrogen-bond donors (Lipinski definition) is 1. The van der Waals surface area contributed by atoms with E-state index in [9.17, 15) is 14.2 Å². The van der Waals surface area contributed by atoms with Crippen molar-refractivity contribution >= 4 is 30.1 Å². The van der Waals surface area contributed by atoms with Gasteiger partial charge in [-0.3, -0.25) is 4.79 Å². The number of alkyl carbamates (subject to hydrolysis) is 1. The Hall–Kier alpha value is -2.66. The van der Waals surface area contributed by atoms with E-state index in [4.69, 9.17) is 4.74 Å². The van der Waals surface area contributed by atoms with Crippen LogP contribution in [0.15, 0.2) is 36.4 Å². The van der Waals surface area contributed by atoms with Gasteiger partial charge in [-0.2, -0.15) is 0 Å². The van der Waals surface area contributed by atoms with Crippen LogP contribution in [0.25, 0.3) is 11.1 Å². The molecule has 6 nitrogen and oxygen atoms in total. The van der Waals surface area contributed by atoms with Gasteiger partial charge in [0.15, 0.2) is 0 Å². The highest BCUT2D eigenvalue weighted by atomic mass is 31.2. The fraction of sp³-hybridized carbons (Fsp3) is 0.417. The molecule has 3 rings (SSSR count). The average molecular weight is 460 g/mol. The molecule has 1 fully saturated rings. The van der Waals surface area contributed by atoms with Crippen molar-refractivity contribution in [2.45, 2.75) is 45.8 Å². The third-order valence-electron chi connectivity index (χ3n) is 5.32. The molecule has 0 aromatic heterocycles. The second-order valence-corrected chi connectivity index (χ2v) is 12.6. The first-order valence-electron chi connectivity index (χ1n) is 10.5. The predicted octanol–water partition coefficient (Wildman–Crippen LogP) is 4.68. The third kappa shape index (κ3) is 5.04. The van der Waals surface area contributed by atoms with Crippen molar-refractivity contribution in [3.05, 3.63) is 47.8 Å². The number of halogens is 1. The Morgan fingerprint density at radius 3 is 2.44 bits per heavy atom. The summed E-state index contributed by atoms with van der Waals surface area (Å²) < 4.78 is 33.4. The van der Waals surface area contributed by atoms with Crippen molar-refractivity contribution < 1.29 is 23.3 Å². The zero-order chi connectivity index (χ0) is 23.8. The largest absolute Gasteiger partial charge is 0.444 e. The standard InChI is InChI=1S/C24H30FN2O4P/c1-15-19(27-14-13-18(22(27)28)26-23(29)31-24(2,3)4)12-11-17(21(15)25)16-9-7-8-10-20(16)32(5,6)30/h7-12,18H,13-14H2,1-6H3,(H,26,29). The Labute approximate surface area is 188 Å². The van der Waals surface area contributed by atoms with Crippen LogP contribution in [0, 0.1) is 12.7 Å². The van der Waals surface area contributed by atoms with Gasteiger partial charge < -0.3 is 19.5 Å². The smallest absolute Gasteiger partial charge is 0.408 e. The van der Waals surface area contributed by atoms with Crippen LogP contribution in [0.5, 0.6) is 0 Å². The summed E-state index contributed by atoms with van der Waals surface area (Å²) in [4.78, 5) is 26.4. The molecule has 172 valence electrons. The maximum Gasteiger partial charge on any atom is 0.408 e. The molecule has 8 heteroatoms. The molecule has 0 bridgehead atoms. The number of benzene rings is 2. The summed E-state index contributed by atoms with van der Waals surface area (Å²) in [6.07, 6.45) is -0.255. The van der Waals surface area contributed by atoms with E-state index >= 15 is 4.39 Å². The van der Waals surface area contributed by atoms with Gasteiger partial charge >= 0.3 is 6.09 Å². The number of anilines is 1. The molecule has 0 radical (unpaired) electrons. The van der Waals surface area contributed by atoms with Crippen LogP contribution in [0.4, 0.5) is 14.9 Å². The maximum atomic E-state index is 15.5. The molecular formula is C24H30FN2O4P. The number of nitrogens with one attached hydrogen (secondary N) is 1. The number of ether oxygens (including phenoxy) is 1. The molecule has 0 saturated carbocycles. The third-order valence-corrected chi connectivity index (χ3v) is 6.87. The molecule has 2 aromatic carbocycles. The van der Waals surface area contributed by atoms with Gasteiger partial charge in [-0.15, -0.1) is 0 Å². The highest BCUT2D eigenvalue weighted by Gasteiger charge is 2.36. The summed E-state index contributed by atoms with van der Waals surface area (Å²) in [5, 5.41) is 3.22. The first-order valence-corrected chi connectivity index (χ1v) is 13.1. The summed E-state index contributed by atoms with van der Waals surface area (Å²) in [7, 11) is -2.62. The Bertz CT molecular complexity index is 1100. The molecule has 1 unspecified atom stereocenters. The van der Waals surface area contributed by atoms with Gasteiger partial charge in [-0.05, 0) is 65.1 Å². The molecular weight excluding hydrogens is 430 g/mol. The van der Waals surface area contributed by atoms with Crippen molar-refractivity contribution in [2.24, 2.45) is 0 Å². The second-order valence-electron chi connectivity index (χ2n) is 9.42. The van der Waals surface area contributed by atoms with Gasteiger partial charge in [-0.1, -0.05) is 24.3 Å². The zero-order valence-electron chi connectivity index (χ0n) is 19.4. The Balaban J connectivity index is 1.88. The van der Waals surface area contributed by atoms with Crippen molar-refractivity contribution in [1.29, 1.82) is 0 Å². The van der Waals surface area contributed by atoms with E-state index in [0.717, 1.165) is 0 Å². The normalized spacial score (nSPS) is 16.9. The van der Waals surface area contributed by atoms with E-state index in [2.05, 4.69) is 5.32 Å². The van der Waals surface area contributed by atoms with Crippen LogP contribution >= 0.6 is 7.14 Å². The summed E-state index contributed by atoms with van der Waals surface area (Å²) in [5.74, 6) is -0.766. The highest BCUT2D eigenvalue weighted by Crippen LogP contribution is 2.40. The number of carbonyl (C=O) groups excluding carboxylic acids is 2. The number of amides is 2. The molecule has 2 amide bonds. The van der Waals surface area contributed by atoms with E-state index < -0.39 is 30.7 Å². The van der Waals surface area contributed by atoms with Gasteiger partial charge in [0, 0.05) is 28.7 Å². The SMILES string of the molecule is Cc1c(N2CCC(NC(=O)OC(C)(C)C)C2=O)ccc(-c2ccccc2P(C)(C)=O)c1F. The lowest BCUT2D eigenvalue weighted by Crippen LogP contribution is -2.43. The lowest BCUT2D eigenvalue weighted by atomic mass is 10.0. The van der Waals surface area contributed by atoms with Crippen LogP contribution in [0.2, 0.25) is 0 Å². The highest BCUT2D eigenvalue weighted by molar-refractivity contribution is 7.70. The van der Waals surface area contributed by atoms with Crippen LogP contribution in [-0.2, 0) is 14.1 Å². The zero-order valence-corrected chi connectivity index (χ0v) is 20.3. The molecule has 0 spiro atoms. The van der Waals surface area contributed by atoms with Crippen molar-refractivity contribution in [1.82, 2.24) is 5.32 Å². The van der Waals surface area contributed by atoms with Crippen molar-refractivity contribution in [2.75, 3.05) is 24.8 Å². The minimum absolute atomic E-state index is 0.307. The average Bonchev–Trinajstić information content (AvgIpc) is 3.02. The summed E-state index contributed by atoms with van der Waals surface area (Å²) in [6.45, 7) is 10.5. The van der Waals surface area contributed by atoms with Crippen molar-refractivity contribution in [3.63, 3.8) is 0 Å². The molecule has 1 atom stereocenters. The lowest BCUT2D eigenvalue weighted by molar-refractivity contribution is -0.118. The quantitative estimate of drug-likeness (QED) is 0.673. The fourth-order valence-electron chi connectivity index (χ4n) is 3.85. The Kier molecular flexibility index (Phi) is 6.52. The molecule has 1 aliphatic rings. The lowest BCUT2D eigenvalue weighted by Gasteiger charge is -2.23. The summed E-state index contributed by atoms with van der Waals surface area (Å²) in [5.41, 5.74) is 1.05. The van der Waals surface area contributed by atoms with Crippen LogP contribution in [0.1, 0.15) is 32.8 Å². The Morgan fingerprint density at radius 2 is 1.81 bits per heavy atom. The van der Waals surface area contributed by atoms with E-state index in [1.807, 2.05) is 0 Å². The van der Waals surface area contributed by atoms with Gasteiger partial charge in [0.25, 0.3) is 0 Å². The van der Waals surface area contributed by atoms with Gasteiger partial charge in [0.1, 0.15) is 24.6 Å². The molecule has 1 saturated heterocycles. The number of rotatable bonds is 4. The Morgan fingerprint density at radius 1 is 1.16 bits per heavy atom. The molecule has 1 N–H and O–H groups in total. The van der Waals surface area contributed by atoms with Gasteiger partial charge in [0.05, 0.1) is 0 Å². The van der Waals surface area contributed by atoms with E-state index in [0.29, 0.717) is 40.6 Å². The van der Waals surface area contributed by atoms with Gasteiger partial charge in [-0.25, -0.2) is 9.18 Å². The predicted molar refractivity (Wildman–Crippen MR) is 126 cm³/mol. The van der Waals surface area contributed by atoms with Crippen molar-refractivity contribution in [3.8, 4) is 11.1 Å². The van der Waals surface area contributed by atoms with Crippen LogP contribution < -0.4 is 15.5 Å². The molecule has 0 aliphatic carbocycles. The number of nitrogens with zero attached hydrogens (tertiary/aromatic N) is 1. The number of hydrogen-bond acceptors (Lipinski definition) is 4. The second kappa shape index (κ2) is 8.70. The van der Waals surface area contributed by atoms with Gasteiger partial charge in [0.2, 0.25) is 5.91 Å². The van der Waals surface area contributed by atoms with Crippen LogP contribution in [-0.4, -0.2) is 43.5 Å². The van der Waals surface area contributed by atoms with E-state index in [-0.39, 0.29) is 5.91 Å². The monoisotopic (exact) mass is 460 g/mol. The maximum absolute atomic E-state index is 15.5. The first-order chi connectivity index (χ1) is 14.8. The topological polar surface area (TPSA) is 75.7 Å². The summed E-state index contributed by atoms with van der Waals surface area (Å²) in [6, 6.07) is 9.69. The summed E-state index contributed by atoms with van der Waals surface area (Å²) >= 11 is 0. The minimum atomic E-state index is -2.62. The first kappa shape index (κ1) is 24.0. The van der Waals surface area contributed by atoms with E-state index in [1.54, 1.807) is 77.4 Å². The molecule has 2 aromatic rings. The number of carbonyl (C=O) groups is 2. The molecule has 32 heavy (non-hydrogen) atoms. The molecule has 1 aliphatic heterocycles. The molecule has 1 heterocycles.